The Labute approximate surface area is 160 Å². The predicted octanol–water partition coefficient (Wildman–Crippen LogP) is 4.55. The summed E-state index contributed by atoms with van der Waals surface area (Å²) in [5.41, 5.74) is 3.73. The molecule has 1 amide bonds. The van der Waals surface area contributed by atoms with E-state index in [2.05, 4.69) is 44.5 Å². The number of carbonyl (C=O) groups is 1. The van der Waals surface area contributed by atoms with Crippen molar-refractivity contribution in [3.8, 4) is 11.5 Å². The standard InChI is InChI=1S/C22H16N4O2/c27-21(11-18-12-23-13-24-18)25-17-7-8-20-19(10-17)26-22(28-20)16-6-5-14-3-1-2-4-15(14)9-16/h1-10,12-13H,11H2,(H,23,24)(H,25,27). The van der Waals surface area contributed by atoms with Gasteiger partial charge in [-0.3, -0.25) is 4.79 Å². The maximum Gasteiger partial charge on any atom is 0.230 e. The highest BCUT2D eigenvalue weighted by atomic mass is 16.3. The zero-order valence-electron chi connectivity index (χ0n) is 14.8. The second-order valence-electron chi connectivity index (χ2n) is 6.57. The lowest BCUT2D eigenvalue weighted by atomic mass is 10.1. The Bertz CT molecular complexity index is 1290. The van der Waals surface area contributed by atoms with Crippen LogP contribution >= 0.6 is 0 Å². The van der Waals surface area contributed by atoms with Gasteiger partial charge < -0.3 is 14.7 Å². The molecule has 5 rings (SSSR count). The minimum absolute atomic E-state index is 0.123. The number of hydrogen-bond acceptors (Lipinski definition) is 4. The number of imidazole rings is 1. The first-order valence-electron chi connectivity index (χ1n) is 8.91. The molecule has 0 bridgehead atoms. The van der Waals surface area contributed by atoms with Crippen molar-refractivity contribution in [2.75, 3.05) is 5.32 Å². The van der Waals surface area contributed by atoms with Crippen molar-refractivity contribution < 1.29 is 9.21 Å². The number of nitrogens with zero attached hydrogens (tertiary/aromatic N) is 2. The second-order valence-corrected chi connectivity index (χ2v) is 6.57. The quantitative estimate of drug-likeness (QED) is 0.487. The molecule has 0 radical (unpaired) electrons. The number of hydrogen-bond donors (Lipinski definition) is 2. The Morgan fingerprint density at radius 2 is 1.93 bits per heavy atom. The van der Waals surface area contributed by atoms with E-state index < -0.39 is 0 Å². The van der Waals surface area contributed by atoms with E-state index in [0.29, 0.717) is 22.7 Å². The van der Waals surface area contributed by atoms with E-state index in [1.165, 1.54) is 5.39 Å². The van der Waals surface area contributed by atoms with Crippen molar-refractivity contribution in [2.24, 2.45) is 0 Å². The number of benzene rings is 3. The summed E-state index contributed by atoms with van der Waals surface area (Å²) in [6.07, 6.45) is 3.42. The third-order valence-electron chi connectivity index (χ3n) is 4.57. The number of aromatic nitrogens is 3. The minimum atomic E-state index is -0.123. The molecular formula is C22H16N4O2. The second kappa shape index (κ2) is 6.66. The predicted molar refractivity (Wildman–Crippen MR) is 108 cm³/mol. The van der Waals surface area contributed by atoms with Crippen LogP contribution in [0.2, 0.25) is 0 Å². The van der Waals surface area contributed by atoms with Crippen molar-refractivity contribution in [3.05, 3.63) is 78.9 Å². The smallest absolute Gasteiger partial charge is 0.230 e. The first kappa shape index (κ1) is 16.3. The van der Waals surface area contributed by atoms with Crippen molar-refractivity contribution in [3.63, 3.8) is 0 Å². The van der Waals surface area contributed by atoms with E-state index in [9.17, 15) is 4.79 Å². The molecule has 2 N–H and O–H groups in total. The molecule has 136 valence electrons. The molecule has 0 aliphatic carbocycles. The molecule has 0 fully saturated rings. The molecule has 5 aromatic rings. The van der Waals surface area contributed by atoms with E-state index in [1.807, 2.05) is 36.4 Å². The first-order chi connectivity index (χ1) is 13.7. The molecule has 0 saturated carbocycles. The van der Waals surface area contributed by atoms with Gasteiger partial charge in [-0.1, -0.05) is 30.3 Å². The number of fused-ring (bicyclic) bond motifs is 2. The first-order valence-corrected chi connectivity index (χ1v) is 8.91. The number of amides is 1. The van der Waals surface area contributed by atoms with Gasteiger partial charge >= 0.3 is 0 Å². The van der Waals surface area contributed by atoms with Gasteiger partial charge in [-0.05, 0) is 41.1 Å². The van der Waals surface area contributed by atoms with Gasteiger partial charge in [-0.25, -0.2) is 9.97 Å². The van der Waals surface area contributed by atoms with Crippen LogP contribution in [0.5, 0.6) is 0 Å². The molecule has 0 atom stereocenters. The summed E-state index contributed by atoms with van der Waals surface area (Å²) in [4.78, 5) is 23.6. The summed E-state index contributed by atoms with van der Waals surface area (Å²) in [6.45, 7) is 0. The number of anilines is 1. The van der Waals surface area contributed by atoms with E-state index >= 15 is 0 Å². The summed E-state index contributed by atoms with van der Waals surface area (Å²) in [7, 11) is 0. The van der Waals surface area contributed by atoms with Crippen LogP contribution in [0.15, 0.2) is 77.6 Å². The van der Waals surface area contributed by atoms with E-state index in [1.54, 1.807) is 12.5 Å². The molecule has 0 aliphatic heterocycles. The van der Waals surface area contributed by atoms with E-state index in [4.69, 9.17) is 4.42 Å². The van der Waals surface area contributed by atoms with Crippen LogP contribution in [-0.4, -0.2) is 20.9 Å². The number of nitrogens with one attached hydrogen (secondary N) is 2. The number of carbonyl (C=O) groups excluding carboxylic acids is 1. The minimum Gasteiger partial charge on any atom is -0.436 e. The van der Waals surface area contributed by atoms with Crippen LogP contribution in [0.1, 0.15) is 5.69 Å². The molecule has 2 heterocycles. The van der Waals surface area contributed by atoms with E-state index in [0.717, 1.165) is 16.6 Å². The molecule has 0 unspecified atom stereocenters. The van der Waals surface area contributed by atoms with Crippen LogP contribution < -0.4 is 5.32 Å². The number of H-pyrrole nitrogens is 1. The zero-order chi connectivity index (χ0) is 18.9. The molecule has 2 aromatic heterocycles. The van der Waals surface area contributed by atoms with Gasteiger partial charge in [-0.2, -0.15) is 0 Å². The molecule has 3 aromatic carbocycles. The topological polar surface area (TPSA) is 83.8 Å². The van der Waals surface area contributed by atoms with Crippen molar-refractivity contribution in [1.82, 2.24) is 15.0 Å². The Balaban J connectivity index is 1.42. The van der Waals surface area contributed by atoms with E-state index in [-0.39, 0.29) is 12.3 Å². The molecule has 0 spiro atoms. The maximum absolute atomic E-state index is 12.2. The Morgan fingerprint density at radius 3 is 2.79 bits per heavy atom. The summed E-state index contributed by atoms with van der Waals surface area (Å²) in [5.74, 6) is 0.434. The summed E-state index contributed by atoms with van der Waals surface area (Å²) < 4.78 is 5.91. The Morgan fingerprint density at radius 1 is 1.04 bits per heavy atom. The average molecular weight is 368 g/mol. The highest BCUT2D eigenvalue weighted by molar-refractivity contribution is 5.94. The highest BCUT2D eigenvalue weighted by Gasteiger charge is 2.11. The third kappa shape index (κ3) is 3.12. The van der Waals surface area contributed by atoms with Crippen LogP contribution in [0.4, 0.5) is 5.69 Å². The number of oxazole rings is 1. The summed E-state index contributed by atoms with van der Waals surface area (Å²) >= 11 is 0. The van der Waals surface area contributed by atoms with Gasteiger partial charge in [0.1, 0.15) is 5.52 Å². The number of rotatable bonds is 4. The highest BCUT2D eigenvalue weighted by Crippen LogP contribution is 2.28. The molecule has 0 aliphatic rings. The summed E-state index contributed by atoms with van der Waals surface area (Å²) in [5, 5.41) is 5.18. The van der Waals surface area contributed by atoms with Crippen LogP contribution in [0.3, 0.4) is 0 Å². The lowest BCUT2D eigenvalue weighted by Gasteiger charge is -2.03. The monoisotopic (exact) mass is 368 g/mol. The van der Waals surface area contributed by atoms with Crippen LogP contribution in [0, 0.1) is 0 Å². The largest absolute Gasteiger partial charge is 0.436 e. The van der Waals surface area contributed by atoms with Crippen molar-refractivity contribution in [2.45, 2.75) is 6.42 Å². The third-order valence-corrected chi connectivity index (χ3v) is 4.57. The van der Waals surface area contributed by atoms with Gasteiger partial charge in [0.25, 0.3) is 0 Å². The molecular weight excluding hydrogens is 352 g/mol. The summed E-state index contributed by atoms with van der Waals surface area (Å²) in [6, 6.07) is 19.7. The molecule has 6 nitrogen and oxygen atoms in total. The van der Waals surface area contributed by atoms with Crippen molar-refractivity contribution in [1.29, 1.82) is 0 Å². The Hall–Kier alpha value is -3.93. The molecule has 6 heteroatoms. The maximum atomic E-state index is 12.2. The fourth-order valence-electron chi connectivity index (χ4n) is 3.21. The van der Waals surface area contributed by atoms with Crippen LogP contribution in [0.25, 0.3) is 33.3 Å². The average Bonchev–Trinajstić information content (AvgIpc) is 3.36. The fraction of sp³-hybridized carbons (Fsp3) is 0.0455. The lowest BCUT2D eigenvalue weighted by molar-refractivity contribution is -0.115. The van der Waals surface area contributed by atoms with Gasteiger partial charge in [0.2, 0.25) is 11.8 Å². The lowest BCUT2D eigenvalue weighted by Crippen LogP contribution is -2.14. The van der Waals surface area contributed by atoms with Gasteiger partial charge in [0.15, 0.2) is 5.58 Å². The van der Waals surface area contributed by atoms with Gasteiger partial charge in [-0.15, -0.1) is 0 Å². The zero-order valence-corrected chi connectivity index (χ0v) is 14.8. The van der Waals surface area contributed by atoms with Gasteiger partial charge in [0, 0.05) is 23.1 Å². The SMILES string of the molecule is O=C(Cc1cnc[nH]1)Nc1ccc2oc(-c3ccc4ccccc4c3)nc2c1. The molecule has 0 saturated heterocycles. The number of aromatic amines is 1. The van der Waals surface area contributed by atoms with Gasteiger partial charge in [0.05, 0.1) is 12.7 Å². The molecule has 28 heavy (non-hydrogen) atoms. The van der Waals surface area contributed by atoms with Crippen LogP contribution in [-0.2, 0) is 11.2 Å². The normalized spacial score (nSPS) is 11.1. The fourth-order valence-corrected chi connectivity index (χ4v) is 3.21. The Kier molecular flexibility index (Phi) is 3.87. The van der Waals surface area contributed by atoms with Crippen molar-refractivity contribution >= 4 is 33.5 Å².